The molecule has 1 N–H and O–H groups in total. The van der Waals surface area contributed by atoms with E-state index in [1.807, 2.05) is 19.2 Å². The van der Waals surface area contributed by atoms with Crippen LogP contribution in [0.5, 0.6) is 0 Å². The Morgan fingerprint density at radius 3 is 3.00 bits per heavy atom. The summed E-state index contributed by atoms with van der Waals surface area (Å²) in [6, 6.07) is 4.12. The van der Waals surface area contributed by atoms with E-state index in [4.69, 9.17) is 6.42 Å². The first-order valence-electron chi connectivity index (χ1n) is 4.88. The van der Waals surface area contributed by atoms with Crippen molar-refractivity contribution in [2.24, 2.45) is 0 Å². The zero-order valence-electron chi connectivity index (χ0n) is 8.59. The predicted molar refractivity (Wildman–Crippen MR) is 58.7 cm³/mol. The number of aryl methyl sites for hydroxylation is 1. The number of aromatic nitrogens is 1. The molecule has 2 nitrogen and oxygen atoms in total. The van der Waals surface area contributed by atoms with Gasteiger partial charge in [-0.3, -0.25) is 4.98 Å². The quantitative estimate of drug-likeness (QED) is 0.564. The molecule has 0 spiro atoms. The zero-order valence-corrected chi connectivity index (χ0v) is 8.59. The van der Waals surface area contributed by atoms with Crippen molar-refractivity contribution in [3.63, 3.8) is 0 Å². The average molecular weight is 188 g/mol. The lowest BCUT2D eigenvalue weighted by Crippen LogP contribution is -2.14. The Kier molecular flexibility index (Phi) is 4.74. The van der Waals surface area contributed by atoms with E-state index in [1.54, 1.807) is 0 Å². The van der Waals surface area contributed by atoms with Crippen LogP contribution in [0.25, 0.3) is 0 Å². The molecule has 0 unspecified atom stereocenters. The number of unbranched alkanes of at least 4 members (excludes halogenated alkanes) is 1. The molecule has 0 saturated heterocycles. The highest BCUT2D eigenvalue weighted by molar-refractivity contribution is 5.12. The van der Waals surface area contributed by atoms with Gasteiger partial charge in [0.15, 0.2) is 0 Å². The van der Waals surface area contributed by atoms with Crippen molar-refractivity contribution in [3.05, 3.63) is 29.6 Å². The van der Waals surface area contributed by atoms with Gasteiger partial charge in [0.1, 0.15) is 0 Å². The Hall–Kier alpha value is -1.33. The van der Waals surface area contributed by atoms with Crippen LogP contribution in [-0.4, -0.2) is 11.5 Å². The maximum absolute atomic E-state index is 5.15. The third-order valence-corrected chi connectivity index (χ3v) is 1.98. The van der Waals surface area contributed by atoms with Crippen molar-refractivity contribution in [1.29, 1.82) is 0 Å². The summed E-state index contributed by atoms with van der Waals surface area (Å²) in [6.45, 7) is 3.83. The fourth-order valence-corrected chi connectivity index (χ4v) is 1.15. The van der Waals surface area contributed by atoms with E-state index < -0.39 is 0 Å². The van der Waals surface area contributed by atoms with Crippen LogP contribution in [0.2, 0.25) is 0 Å². The van der Waals surface area contributed by atoms with Gasteiger partial charge >= 0.3 is 0 Å². The lowest BCUT2D eigenvalue weighted by atomic mass is 10.2. The topological polar surface area (TPSA) is 24.9 Å². The third-order valence-electron chi connectivity index (χ3n) is 1.98. The van der Waals surface area contributed by atoms with Crippen molar-refractivity contribution in [2.75, 3.05) is 6.54 Å². The molecule has 14 heavy (non-hydrogen) atoms. The highest BCUT2D eigenvalue weighted by atomic mass is 14.8. The number of hydrogen-bond acceptors (Lipinski definition) is 2. The second kappa shape index (κ2) is 6.17. The van der Waals surface area contributed by atoms with Crippen LogP contribution < -0.4 is 5.32 Å². The first-order chi connectivity index (χ1) is 6.83. The van der Waals surface area contributed by atoms with Gasteiger partial charge in [-0.1, -0.05) is 6.07 Å². The molecule has 1 rings (SSSR count). The fraction of sp³-hybridized carbons (Fsp3) is 0.417. The lowest BCUT2D eigenvalue weighted by molar-refractivity contribution is 0.657. The molecule has 1 aromatic rings. The summed E-state index contributed by atoms with van der Waals surface area (Å²) in [5.41, 5.74) is 2.28. The molecule has 0 radical (unpaired) electrons. The first kappa shape index (κ1) is 10.7. The van der Waals surface area contributed by atoms with E-state index in [0.29, 0.717) is 0 Å². The second-order valence-corrected chi connectivity index (χ2v) is 3.29. The summed E-state index contributed by atoms with van der Waals surface area (Å²) in [5.74, 6) is 2.62. The van der Waals surface area contributed by atoms with E-state index in [0.717, 1.165) is 31.6 Å². The molecule has 0 fully saturated rings. The molecular formula is C12H16N2. The van der Waals surface area contributed by atoms with Gasteiger partial charge in [0.25, 0.3) is 0 Å². The van der Waals surface area contributed by atoms with Crippen LogP contribution in [0.1, 0.15) is 24.1 Å². The molecule has 0 bridgehead atoms. The van der Waals surface area contributed by atoms with Crippen molar-refractivity contribution in [1.82, 2.24) is 10.3 Å². The Labute approximate surface area is 85.8 Å². The van der Waals surface area contributed by atoms with E-state index >= 15 is 0 Å². The SMILES string of the molecule is C#CCCCNCc1ccc(C)nc1. The number of hydrogen-bond donors (Lipinski definition) is 1. The van der Waals surface area contributed by atoms with Crippen molar-refractivity contribution in [3.8, 4) is 12.3 Å². The Morgan fingerprint density at radius 1 is 1.50 bits per heavy atom. The molecule has 0 aliphatic carbocycles. The average Bonchev–Trinajstić information content (AvgIpc) is 2.21. The molecule has 1 aromatic heterocycles. The minimum absolute atomic E-state index is 0.846. The van der Waals surface area contributed by atoms with Crippen LogP contribution in [0.4, 0.5) is 0 Å². The van der Waals surface area contributed by atoms with E-state index in [1.165, 1.54) is 5.56 Å². The summed E-state index contributed by atoms with van der Waals surface area (Å²) >= 11 is 0. The highest BCUT2D eigenvalue weighted by Crippen LogP contribution is 1.98. The van der Waals surface area contributed by atoms with Gasteiger partial charge < -0.3 is 5.32 Å². The number of nitrogens with one attached hydrogen (secondary N) is 1. The van der Waals surface area contributed by atoms with Crippen molar-refractivity contribution in [2.45, 2.75) is 26.3 Å². The van der Waals surface area contributed by atoms with Gasteiger partial charge in [-0.05, 0) is 31.5 Å². The van der Waals surface area contributed by atoms with Gasteiger partial charge in [-0.15, -0.1) is 12.3 Å². The lowest BCUT2D eigenvalue weighted by Gasteiger charge is -2.03. The number of rotatable bonds is 5. The fourth-order valence-electron chi connectivity index (χ4n) is 1.15. The molecular weight excluding hydrogens is 172 g/mol. The van der Waals surface area contributed by atoms with Crippen LogP contribution in [-0.2, 0) is 6.54 Å². The largest absolute Gasteiger partial charge is 0.313 e. The molecule has 74 valence electrons. The molecule has 0 saturated carbocycles. The Morgan fingerprint density at radius 2 is 2.36 bits per heavy atom. The summed E-state index contributed by atoms with van der Waals surface area (Å²) in [6.07, 6.45) is 8.94. The van der Waals surface area contributed by atoms with Crippen LogP contribution >= 0.6 is 0 Å². The predicted octanol–water partition coefficient (Wildman–Crippen LogP) is 1.89. The molecule has 0 aromatic carbocycles. The normalized spacial score (nSPS) is 9.71. The smallest absolute Gasteiger partial charge is 0.0372 e. The minimum Gasteiger partial charge on any atom is -0.313 e. The van der Waals surface area contributed by atoms with Gasteiger partial charge in [0, 0.05) is 24.9 Å². The molecule has 0 amide bonds. The molecule has 0 aliphatic heterocycles. The standard InChI is InChI=1S/C12H16N2/c1-3-4-5-8-13-9-12-7-6-11(2)14-10-12/h1,6-7,10,13H,4-5,8-9H2,2H3. The first-order valence-corrected chi connectivity index (χ1v) is 4.88. The van der Waals surface area contributed by atoms with E-state index in [-0.39, 0.29) is 0 Å². The number of pyridine rings is 1. The number of terminal acetylenes is 1. The Bertz CT molecular complexity index is 295. The third kappa shape index (κ3) is 4.06. The van der Waals surface area contributed by atoms with E-state index in [2.05, 4.69) is 22.3 Å². The zero-order chi connectivity index (χ0) is 10.2. The van der Waals surface area contributed by atoms with Gasteiger partial charge in [-0.25, -0.2) is 0 Å². The molecule has 0 atom stereocenters. The highest BCUT2D eigenvalue weighted by Gasteiger charge is 1.92. The Balaban J connectivity index is 2.19. The maximum atomic E-state index is 5.15. The summed E-state index contributed by atoms with van der Waals surface area (Å²) in [4.78, 5) is 4.22. The van der Waals surface area contributed by atoms with Crippen LogP contribution in [0, 0.1) is 19.3 Å². The maximum Gasteiger partial charge on any atom is 0.0372 e. The molecule has 0 aliphatic rings. The van der Waals surface area contributed by atoms with Crippen LogP contribution in [0.15, 0.2) is 18.3 Å². The monoisotopic (exact) mass is 188 g/mol. The summed E-state index contributed by atoms with van der Waals surface area (Å²) in [7, 11) is 0. The summed E-state index contributed by atoms with van der Waals surface area (Å²) < 4.78 is 0. The van der Waals surface area contributed by atoms with Crippen molar-refractivity contribution < 1.29 is 0 Å². The molecule has 1 heterocycles. The molecule has 2 heteroatoms. The van der Waals surface area contributed by atoms with E-state index in [9.17, 15) is 0 Å². The van der Waals surface area contributed by atoms with Crippen molar-refractivity contribution >= 4 is 0 Å². The number of nitrogens with zero attached hydrogens (tertiary/aromatic N) is 1. The van der Waals surface area contributed by atoms with Gasteiger partial charge in [0.05, 0.1) is 0 Å². The second-order valence-electron chi connectivity index (χ2n) is 3.29. The van der Waals surface area contributed by atoms with Crippen LogP contribution in [0.3, 0.4) is 0 Å². The minimum atomic E-state index is 0.846. The summed E-state index contributed by atoms with van der Waals surface area (Å²) in [5, 5.41) is 3.32. The van der Waals surface area contributed by atoms with Gasteiger partial charge in [0.2, 0.25) is 0 Å². The van der Waals surface area contributed by atoms with Gasteiger partial charge in [-0.2, -0.15) is 0 Å².